The number of benzene rings is 3. The molecular weight excluding hydrogens is 432 g/mol. The first-order valence-corrected chi connectivity index (χ1v) is 10.2. The SMILES string of the molecule is CC1=C(C(=O)Nc2ccc(F)c(F)c2)C(c2cccc(Oc3ccccc3)c2)NC(=S)N1. The normalized spacial score (nSPS) is 15.6. The molecular formula is C24H19F2N3O2S. The summed E-state index contributed by atoms with van der Waals surface area (Å²) in [5.41, 5.74) is 1.80. The van der Waals surface area contributed by atoms with E-state index in [1.165, 1.54) is 6.07 Å². The predicted molar refractivity (Wildman–Crippen MR) is 122 cm³/mol. The van der Waals surface area contributed by atoms with Gasteiger partial charge in [0.15, 0.2) is 16.7 Å². The van der Waals surface area contributed by atoms with E-state index >= 15 is 0 Å². The van der Waals surface area contributed by atoms with Crippen molar-refractivity contribution in [3.05, 3.63) is 101 Å². The number of allylic oxidation sites excluding steroid dienone is 1. The van der Waals surface area contributed by atoms with Gasteiger partial charge >= 0.3 is 0 Å². The number of amides is 1. The summed E-state index contributed by atoms with van der Waals surface area (Å²) in [5.74, 6) is -1.23. The van der Waals surface area contributed by atoms with E-state index in [-0.39, 0.29) is 5.69 Å². The summed E-state index contributed by atoms with van der Waals surface area (Å²) in [6.45, 7) is 1.73. The van der Waals surface area contributed by atoms with Crippen LogP contribution in [0.1, 0.15) is 18.5 Å². The first kappa shape index (κ1) is 21.5. The molecule has 32 heavy (non-hydrogen) atoms. The van der Waals surface area contributed by atoms with Crippen molar-refractivity contribution >= 4 is 28.9 Å². The molecule has 3 N–H and O–H groups in total. The third-order valence-corrected chi connectivity index (χ3v) is 5.08. The maximum Gasteiger partial charge on any atom is 0.255 e. The van der Waals surface area contributed by atoms with Gasteiger partial charge in [0.2, 0.25) is 0 Å². The number of para-hydroxylation sites is 1. The number of rotatable bonds is 5. The smallest absolute Gasteiger partial charge is 0.255 e. The van der Waals surface area contributed by atoms with Crippen molar-refractivity contribution in [3.63, 3.8) is 0 Å². The second-order valence-electron chi connectivity index (χ2n) is 7.14. The Hall–Kier alpha value is -3.78. The van der Waals surface area contributed by atoms with Crippen LogP contribution in [0, 0.1) is 11.6 Å². The van der Waals surface area contributed by atoms with Crippen LogP contribution in [0.5, 0.6) is 11.5 Å². The molecule has 1 atom stereocenters. The van der Waals surface area contributed by atoms with E-state index in [0.717, 1.165) is 17.7 Å². The second-order valence-corrected chi connectivity index (χ2v) is 7.55. The average molecular weight is 451 g/mol. The summed E-state index contributed by atoms with van der Waals surface area (Å²) in [6, 6.07) is 19.2. The van der Waals surface area contributed by atoms with E-state index in [9.17, 15) is 13.6 Å². The lowest BCUT2D eigenvalue weighted by Crippen LogP contribution is -2.45. The predicted octanol–water partition coefficient (Wildman–Crippen LogP) is 5.19. The van der Waals surface area contributed by atoms with E-state index in [1.807, 2.05) is 54.6 Å². The van der Waals surface area contributed by atoms with Crippen LogP contribution in [0.15, 0.2) is 84.1 Å². The molecule has 8 heteroatoms. The van der Waals surface area contributed by atoms with Crippen molar-refractivity contribution in [2.24, 2.45) is 0 Å². The van der Waals surface area contributed by atoms with Crippen LogP contribution in [-0.4, -0.2) is 11.0 Å². The molecule has 1 heterocycles. The van der Waals surface area contributed by atoms with Crippen LogP contribution in [-0.2, 0) is 4.79 Å². The molecule has 1 aliphatic heterocycles. The van der Waals surface area contributed by atoms with Crippen LogP contribution >= 0.6 is 12.2 Å². The number of anilines is 1. The van der Waals surface area contributed by atoms with Crippen molar-refractivity contribution in [3.8, 4) is 11.5 Å². The van der Waals surface area contributed by atoms with Crippen LogP contribution in [0.25, 0.3) is 0 Å². The van der Waals surface area contributed by atoms with E-state index in [2.05, 4.69) is 16.0 Å². The highest BCUT2D eigenvalue weighted by atomic mass is 32.1. The van der Waals surface area contributed by atoms with Crippen LogP contribution in [0.4, 0.5) is 14.5 Å². The van der Waals surface area contributed by atoms with Crippen LogP contribution in [0.3, 0.4) is 0 Å². The summed E-state index contributed by atoms with van der Waals surface area (Å²) in [6.07, 6.45) is 0. The maximum atomic E-state index is 13.6. The highest BCUT2D eigenvalue weighted by molar-refractivity contribution is 7.80. The third-order valence-electron chi connectivity index (χ3n) is 4.86. The maximum absolute atomic E-state index is 13.6. The van der Waals surface area contributed by atoms with Gasteiger partial charge in [-0.1, -0.05) is 30.3 Å². The Morgan fingerprint density at radius 3 is 2.47 bits per heavy atom. The number of nitrogens with one attached hydrogen (secondary N) is 3. The molecule has 4 rings (SSSR count). The standard InChI is InChI=1S/C24H19F2N3O2S/c1-14-21(23(30)28-16-10-11-19(25)20(26)13-16)22(29-24(32)27-14)15-6-5-9-18(12-15)31-17-7-3-2-4-8-17/h2-13,22H,1H3,(H,28,30)(H2,27,29,32). The molecule has 1 unspecified atom stereocenters. The number of carbonyl (C=O) groups excluding carboxylic acids is 1. The molecule has 0 saturated heterocycles. The molecule has 1 aliphatic rings. The Kier molecular flexibility index (Phi) is 6.13. The molecule has 3 aromatic carbocycles. The van der Waals surface area contributed by atoms with Crippen molar-refractivity contribution in [1.29, 1.82) is 0 Å². The van der Waals surface area contributed by atoms with Gasteiger partial charge in [0.25, 0.3) is 5.91 Å². The summed E-state index contributed by atoms with van der Waals surface area (Å²) >= 11 is 5.29. The Bertz CT molecular complexity index is 1210. The summed E-state index contributed by atoms with van der Waals surface area (Å²) in [5, 5.41) is 9.04. The highest BCUT2D eigenvalue weighted by Crippen LogP contribution is 2.31. The Morgan fingerprint density at radius 2 is 1.72 bits per heavy atom. The highest BCUT2D eigenvalue weighted by Gasteiger charge is 2.30. The fourth-order valence-corrected chi connectivity index (χ4v) is 3.67. The van der Waals surface area contributed by atoms with E-state index in [4.69, 9.17) is 17.0 Å². The van der Waals surface area contributed by atoms with Crippen molar-refractivity contribution in [2.75, 3.05) is 5.32 Å². The molecule has 1 amide bonds. The van der Waals surface area contributed by atoms with Gasteiger partial charge in [-0.2, -0.15) is 0 Å². The van der Waals surface area contributed by atoms with Crippen molar-refractivity contribution in [1.82, 2.24) is 10.6 Å². The van der Waals surface area contributed by atoms with Crippen molar-refractivity contribution < 1.29 is 18.3 Å². The quantitative estimate of drug-likeness (QED) is 0.466. The fraction of sp³-hybridized carbons (Fsp3) is 0.0833. The molecule has 0 saturated carbocycles. The lowest BCUT2D eigenvalue weighted by Gasteiger charge is -2.30. The molecule has 3 aromatic rings. The molecule has 162 valence electrons. The van der Waals surface area contributed by atoms with Gasteiger partial charge in [-0.25, -0.2) is 8.78 Å². The first-order chi connectivity index (χ1) is 15.4. The summed E-state index contributed by atoms with van der Waals surface area (Å²) in [7, 11) is 0. The lowest BCUT2D eigenvalue weighted by atomic mass is 9.94. The molecule has 0 bridgehead atoms. The zero-order chi connectivity index (χ0) is 22.7. The number of ether oxygens (including phenoxy) is 1. The largest absolute Gasteiger partial charge is 0.457 e. The Balaban J connectivity index is 1.63. The zero-order valence-corrected chi connectivity index (χ0v) is 17.8. The zero-order valence-electron chi connectivity index (χ0n) is 17.0. The number of hydrogen-bond acceptors (Lipinski definition) is 3. The van der Waals surface area contributed by atoms with Gasteiger partial charge in [-0.3, -0.25) is 4.79 Å². The number of thiocarbonyl (C=S) groups is 1. The first-order valence-electron chi connectivity index (χ1n) is 9.78. The van der Waals surface area contributed by atoms with E-state index in [1.54, 1.807) is 6.92 Å². The van der Waals surface area contributed by atoms with Crippen molar-refractivity contribution in [2.45, 2.75) is 13.0 Å². The minimum atomic E-state index is -1.04. The monoisotopic (exact) mass is 451 g/mol. The average Bonchev–Trinajstić information content (AvgIpc) is 2.76. The molecule has 0 radical (unpaired) electrons. The third kappa shape index (κ3) is 4.76. The van der Waals surface area contributed by atoms with Crippen LogP contribution < -0.4 is 20.7 Å². The minimum absolute atomic E-state index is 0.141. The summed E-state index contributed by atoms with van der Waals surface area (Å²) in [4.78, 5) is 13.1. The van der Waals surface area contributed by atoms with E-state index in [0.29, 0.717) is 27.9 Å². The van der Waals surface area contributed by atoms with Crippen LogP contribution in [0.2, 0.25) is 0 Å². The molecule has 0 aromatic heterocycles. The lowest BCUT2D eigenvalue weighted by molar-refractivity contribution is -0.113. The second kappa shape index (κ2) is 9.15. The Morgan fingerprint density at radius 1 is 0.969 bits per heavy atom. The van der Waals surface area contributed by atoms with Gasteiger partial charge in [-0.15, -0.1) is 0 Å². The molecule has 0 aliphatic carbocycles. The molecule has 0 spiro atoms. The number of hydrogen-bond donors (Lipinski definition) is 3. The number of carbonyl (C=O) groups is 1. The van der Waals surface area contributed by atoms with Gasteiger partial charge in [-0.05, 0) is 61.1 Å². The topological polar surface area (TPSA) is 62.4 Å². The number of halogens is 2. The molecule has 0 fully saturated rings. The van der Waals surface area contributed by atoms with Gasteiger partial charge < -0.3 is 20.7 Å². The summed E-state index contributed by atoms with van der Waals surface area (Å²) < 4.78 is 32.7. The van der Waals surface area contributed by atoms with Gasteiger partial charge in [0.05, 0.1) is 11.6 Å². The minimum Gasteiger partial charge on any atom is -0.457 e. The molecule has 5 nitrogen and oxygen atoms in total. The van der Waals surface area contributed by atoms with Gasteiger partial charge in [0.1, 0.15) is 11.5 Å². The van der Waals surface area contributed by atoms with E-state index < -0.39 is 23.6 Å². The Labute approximate surface area is 189 Å². The van der Waals surface area contributed by atoms with Gasteiger partial charge in [0, 0.05) is 17.5 Å². The fourth-order valence-electron chi connectivity index (χ4n) is 3.40.